The van der Waals surface area contributed by atoms with Gasteiger partial charge in [-0.3, -0.25) is 19.3 Å². The number of alkyl halides is 3. The van der Waals surface area contributed by atoms with Crippen LogP contribution in [0.3, 0.4) is 0 Å². The quantitative estimate of drug-likeness (QED) is 0.294. The number of fused-ring (bicyclic) bond motifs is 1. The van der Waals surface area contributed by atoms with E-state index in [9.17, 15) is 32.3 Å². The maximum absolute atomic E-state index is 12.7. The number of ether oxygens (including phenoxy) is 1. The normalized spacial score (nSPS) is 21.9. The molecule has 0 aromatic carbocycles. The van der Waals surface area contributed by atoms with Crippen molar-refractivity contribution in [3.05, 3.63) is 35.2 Å². The van der Waals surface area contributed by atoms with E-state index in [2.05, 4.69) is 0 Å². The first-order chi connectivity index (χ1) is 14.4. The number of ketones is 1. The van der Waals surface area contributed by atoms with Crippen LogP contribution in [-0.2, 0) is 25.7 Å². The molecule has 1 fully saturated rings. The lowest BCUT2D eigenvalue weighted by Crippen LogP contribution is -2.44. The molecule has 2 aliphatic rings. The van der Waals surface area contributed by atoms with Crippen LogP contribution < -0.4 is 0 Å². The summed E-state index contributed by atoms with van der Waals surface area (Å²) in [5.74, 6) is -3.46. The molecular weight excluding hydrogens is 417 g/mol. The maximum Gasteiger partial charge on any atom is 0.406 e. The SMILES string of the molecule is Cc1cc(C(=O)COC(=O)[C@H](C)N2C(=O)[C@H]3CC=CC[C@H]3C2=O)c(C)n1CC(F)(F)F. The van der Waals surface area contributed by atoms with E-state index in [1.807, 2.05) is 12.2 Å². The number of carbonyl (C=O) groups excluding carboxylic acids is 4. The Morgan fingerprint density at radius 3 is 2.19 bits per heavy atom. The Bertz CT molecular complexity index is 937. The van der Waals surface area contributed by atoms with E-state index < -0.39 is 60.8 Å². The van der Waals surface area contributed by atoms with Crippen molar-refractivity contribution in [2.45, 2.75) is 52.4 Å². The van der Waals surface area contributed by atoms with Crippen molar-refractivity contribution < 1.29 is 37.1 Å². The molecule has 1 aromatic heterocycles. The third-order valence-electron chi connectivity index (χ3n) is 5.83. The number of amides is 2. The first kappa shape index (κ1) is 22.8. The number of esters is 1. The molecule has 168 valence electrons. The Hall–Kier alpha value is -2.91. The number of aromatic nitrogens is 1. The lowest BCUT2D eigenvalue weighted by Gasteiger charge is -2.21. The van der Waals surface area contributed by atoms with Crippen molar-refractivity contribution in [1.82, 2.24) is 9.47 Å². The molecule has 0 N–H and O–H groups in total. The molecule has 0 saturated carbocycles. The van der Waals surface area contributed by atoms with Crippen molar-refractivity contribution >= 4 is 23.6 Å². The van der Waals surface area contributed by atoms with Crippen LogP contribution in [0.5, 0.6) is 0 Å². The van der Waals surface area contributed by atoms with Crippen molar-refractivity contribution in [3.63, 3.8) is 0 Å². The molecule has 2 heterocycles. The fourth-order valence-electron chi connectivity index (χ4n) is 4.15. The summed E-state index contributed by atoms with van der Waals surface area (Å²) in [5, 5.41) is 0. The molecular formula is C21H23F3N2O5. The van der Waals surface area contributed by atoms with Crippen molar-refractivity contribution in [1.29, 1.82) is 0 Å². The molecule has 0 radical (unpaired) electrons. The highest BCUT2D eigenvalue weighted by Gasteiger charge is 2.50. The summed E-state index contributed by atoms with van der Waals surface area (Å²) in [6, 6.07) is 0.113. The van der Waals surface area contributed by atoms with Gasteiger partial charge in [-0.25, -0.2) is 4.79 Å². The van der Waals surface area contributed by atoms with E-state index in [-0.39, 0.29) is 17.0 Å². The number of hydrogen-bond acceptors (Lipinski definition) is 5. The van der Waals surface area contributed by atoms with Gasteiger partial charge in [-0.05, 0) is 39.7 Å². The van der Waals surface area contributed by atoms with Gasteiger partial charge in [-0.2, -0.15) is 13.2 Å². The molecule has 0 bridgehead atoms. The minimum atomic E-state index is -4.45. The number of aryl methyl sites for hydroxylation is 1. The molecule has 1 aromatic rings. The Kier molecular flexibility index (Phi) is 6.11. The van der Waals surface area contributed by atoms with Gasteiger partial charge in [0.25, 0.3) is 0 Å². The molecule has 0 spiro atoms. The van der Waals surface area contributed by atoms with E-state index in [0.29, 0.717) is 12.8 Å². The Morgan fingerprint density at radius 1 is 1.13 bits per heavy atom. The summed E-state index contributed by atoms with van der Waals surface area (Å²) in [6.07, 6.45) is 0.0663. The molecule has 1 saturated heterocycles. The van der Waals surface area contributed by atoms with Crippen LogP contribution in [0.4, 0.5) is 13.2 Å². The number of likely N-dealkylation sites (tertiary alicyclic amines) is 1. The van der Waals surface area contributed by atoms with Gasteiger partial charge in [0.15, 0.2) is 6.61 Å². The predicted molar refractivity (Wildman–Crippen MR) is 102 cm³/mol. The zero-order chi connectivity index (χ0) is 23.1. The predicted octanol–water partition coefficient (Wildman–Crippen LogP) is 2.73. The zero-order valence-corrected chi connectivity index (χ0v) is 17.4. The van der Waals surface area contributed by atoms with E-state index >= 15 is 0 Å². The molecule has 0 unspecified atom stereocenters. The molecule has 3 rings (SSSR count). The summed E-state index contributed by atoms with van der Waals surface area (Å²) in [7, 11) is 0. The van der Waals surface area contributed by atoms with Crippen LogP contribution in [-0.4, -0.2) is 51.9 Å². The molecule has 1 aliphatic heterocycles. The van der Waals surface area contributed by atoms with Gasteiger partial charge in [-0.1, -0.05) is 12.2 Å². The minimum absolute atomic E-state index is 0.0209. The van der Waals surface area contributed by atoms with Crippen LogP contribution in [0.15, 0.2) is 18.2 Å². The van der Waals surface area contributed by atoms with Crippen molar-refractivity contribution in [2.24, 2.45) is 11.8 Å². The first-order valence-corrected chi connectivity index (χ1v) is 9.87. The Morgan fingerprint density at radius 2 is 1.68 bits per heavy atom. The van der Waals surface area contributed by atoms with Gasteiger partial charge in [0, 0.05) is 17.0 Å². The zero-order valence-electron chi connectivity index (χ0n) is 17.4. The van der Waals surface area contributed by atoms with Gasteiger partial charge in [0.05, 0.1) is 11.8 Å². The average Bonchev–Trinajstić information content (AvgIpc) is 3.12. The first-order valence-electron chi connectivity index (χ1n) is 9.87. The van der Waals surface area contributed by atoms with Crippen LogP contribution in [0, 0.1) is 25.7 Å². The number of Topliss-reactive ketones (excluding diaryl/α,β-unsaturated/α-hetero) is 1. The lowest BCUT2D eigenvalue weighted by atomic mass is 9.85. The van der Waals surface area contributed by atoms with E-state index in [1.165, 1.54) is 26.8 Å². The van der Waals surface area contributed by atoms with Gasteiger partial charge in [0.1, 0.15) is 12.6 Å². The highest BCUT2D eigenvalue weighted by molar-refractivity contribution is 6.08. The molecule has 3 atom stereocenters. The number of halogens is 3. The maximum atomic E-state index is 12.7. The highest BCUT2D eigenvalue weighted by Crippen LogP contribution is 2.36. The number of imide groups is 1. The number of rotatable bonds is 6. The summed E-state index contributed by atoms with van der Waals surface area (Å²) in [4.78, 5) is 50.9. The third-order valence-corrected chi connectivity index (χ3v) is 5.83. The van der Waals surface area contributed by atoms with Gasteiger partial charge in [0.2, 0.25) is 17.6 Å². The highest BCUT2D eigenvalue weighted by atomic mass is 19.4. The Labute approximate surface area is 176 Å². The third kappa shape index (κ3) is 4.42. The molecule has 31 heavy (non-hydrogen) atoms. The smallest absolute Gasteiger partial charge is 0.406 e. The summed E-state index contributed by atoms with van der Waals surface area (Å²) >= 11 is 0. The largest absolute Gasteiger partial charge is 0.456 e. The summed E-state index contributed by atoms with van der Waals surface area (Å²) < 4.78 is 44.2. The van der Waals surface area contributed by atoms with Gasteiger partial charge in [-0.15, -0.1) is 0 Å². The number of hydrogen-bond donors (Lipinski definition) is 0. The van der Waals surface area contributed by atoms with Gasteiger partial charge >= 0.3 is 12.1 Å². The summed E-state index contributed by atoms with van der Waals surface area (Å²) in [5.41, 5.74) is 0.389. The standard InChI is InChI=1S/C21H23F3N2O5/c1-11-8-16(12(2)25(11)10-21(22,23)24)17(27)9-31-20(30)13(3)26-18(28)14-6-4-5-7-15(14)19(26)29/h4-5,8,13-15H,6-7,9-10H2,1-3H3/t13-,14-,15+/m0/s1. The fourth-order valence-corrected chi connectivity index (χ4v) is 4.15. The average molecular weight is 440 g/mol. The second-order valence-corrected chi connectivity index (χ2v) is 7.90. The van der Waals surface area contributed by atoms with E-state index in [0.717, 1.165) is 9.47 Å². The van der Waals surface area contributed by atoms with Crippen LogP contribution in [0.25, 0.3) is 0 Å². The van der Waals surface area contributed by atoms with Crippen molar-refractivity contribution in [2.75, 3.05) is 6.61 Å². The van der Waals surface area contributed by atoms with Gasteiger partial charge < -0.3 is 9.30 Å². The summed E-state index contributed by atoms with van der Waals surface area (Å²) in [6.45, 7) is 2.24. The Balaban J connectivity index is 1.64. The van der Waals surface area contributed by atoms with E-state index in [4.69, 9.17) is 4.74 Å². The van der Waals surface area contributed by atoms with Crippen LogP contribution in [0.2, 0.25) is 0 Å². The molecule has 1 aliphatic carbocycles. The molecule has 2 amide bonds. The monoisotopic (exact) mass is 440 g/mol. The number of carbonyl (C=O) groups is 4. The van der Waals surface area contributed by atoms with Crippen LogP contribution >= 0.6 is 0 Å². The number of allylic oxidation sites excluding steroid dienone is 2. The second-order valence-electron chi connectivity index (χ2n) is 7.90. The molecule has 10 heteroatoms. The van der Waals surface area contributed by atoms with E-state index in [1.54, 1.807) is 0 Å². The second kappa shape index (κ2) is 8.32. The fraction of sp³-hybridized carbons (Fsp3) is 0.524. The number of nitrogens with zero attached hydrogens (tertiary/aromatic N) is 2. The lowest BCUT2D eigenvalue weighted by molar-refractivity contribution is -0.157. The molecule has 7 nitrogen and oxygen atoms in total. The topological polar surface area (TPSA) is 85.7 Å². The van der Waals surface area contributed by atoms with Crippen molar-refractivity contribution in [3.8, 4) is 0 Å². The van der Waals surface area contributed by atoms with Crippen LogP contribution in [0.1, 0.15) is 41.5 Å². The minimum Gasteiger partial charge on any atom is -0.456 e.